The third-order valence-corrected chi connectivity index (χ3v) is 2.79. The van der Waals surface area contributed by atoms with Gasteiger partial charge in [-0.3, -0.25) is 0 Å². The van der Waals surface area contributed by atoms with Crippen LogP contribution in [0, 0.1) is 0 Å². The van der Waals surface area contributed by atoms with Crippen LogP contribution in [0.5, 0.6) is 0 Å². The molecular weight excluding hydrogens is 210 g/mol. The Kier molecular flexibility index (Phi) is 4.90. The summed E-state index contributed by atoms with van der Waals surface area (Å²) in [5.74, 6) is -0.342. The van der Waals surface area contributed by atoms with Crippen LogP contribution in [0.4, 0.5) is 0 Å². The van der Waals surface area contributed by atoms with E-state index in [-0.39, 0.29) is 5.97 Å². The van der Waals surface area contributed by atoms with Gasteiger partial charge in [0.1, 0.15) is 0 Å². The number of carbonyl (C=O) groups excluding carboxylic acids is 1. The van der Waals surface area contributed by atoms with Crippen LogP contribution in [0.15, 0.2) is 29.8 Å². The second-order valence-corrected chi connectivity index (χ2v) is 4.24. The third-order valence-electron chi connectivity index (χ3n) is 1.89. The van der Waals surface area contributed by atoms with Gasteiger partial charge >= 0.3 is 5.97 Å². The normalized spacial score (nSPS) is 12.7. The highest BCUT2D eigenvalue weighted by atomic mass is 32.1. The van der Waals surface area contributed by atoms with Crippen molar-refractivity contribution < 1.29 is 9.53 Å². The van der Waals surface area contributed by atoms with E-state index >= 15 is 0 Å². The number of esters is 1. The van der Waals surface area contributed by atoms with Gasteiger partial charge in [-0.05, 0) is 18.4 Å². The molecule has 1 N–H and O–H groups in total. The van der Waals surface area contributed by atoms with Crippen LogP contribution in [-0.2, 0) is 16.0 Å². The van der Waals surface area contributed by atoms with Crippen LogP contribution in [0.1, 0.15) is 11.8 Å². The zero-order chi connectivity index (χ0) is 11.1. The molecule has 0 bridgehead atoms. The Morgan fingerprint density at radius 1 is 1.73 bits per heavy atom. The first kappa shape index (κ1) is 11.8. The minimum Gasteiger partial charge on any atom is -0.466 e. The molecule has 0 aliphatic rings. The third kappa shape index (κ3) is 4.65. The quantitative estimate of drug-likeness (QED) is 0.615. The summed E-state index contributed by atoms with van der Waals surface area (Å²) >= 11 is 1.74. The second kappa shape index (κ2) is 6.24. The van der Waals surface area contributed by atoms with Crippen LogP contribution in [-0.4, -0.2) is 19.1 Å². The van der Waals surface area contributed by atoms with E-state index in [1.807, 2.05) is 6.07 Å². The highest BCUT2D eigenvalue weighted by Crippen LogP contribution is 2.10. The van der Waals surface area contributed by atoms with Gasteiger partial charge in [0.15, 0.2) is 0 Å². The lowest BCUT2D eigenvalue weighted by molar-refractivity contribution is -0.134. The van der Waals surface area contributed by atoms with Crippen LogP contribution >= 0.6 is 11.3 Å². The number of methoxy groups -OCH3 is 1. The molecule has 0 spiro atoms. The van der Waals surface area contributed by atoms with Crippen LogP contribution in [0.3, 0.4) is 0 Å². The minimum atomic E-state index is -0.342. The summed E-state index contributed by atoms with van der Waals surface area (Å²) in [5, 5.41) is 5.17. The maximum absolute atomic E-state index is 10.8. The summed E-state index contributed by atoms with van der Waals surface area (Å²) < 4.78 is 4.47. The predicted octanol–water partition coefficient (Wildman–Crippen LogP) is 1.96. The number of hydrogen-bond acceptors (Lipinski definition) is 4. The summed E-state index contributed by atoms with van der Waals surface area (Å²) in [6, 6.07) is 4.45. The Morgan fingerprint density at radius 2 is 2.53 bits per heavy atom. The fraction of sp³-hybridized carbons (Fsp3) is 0.364. The predicted molar refractivity (Wildman–Crippen MR) is 61.8 cm³/mol. The average Bonchev–Trinajstić information content (AvgIpc) is 2.70. The molecule has 0 aliphatic heterocycles. The zero-order valence-electron chi connectivity index (χ0n) is 8.90. The number of hydrogen-bond donors (Lipinski definition) is 1. The molecule has 0 saturated carbocycles. The molecule has 82 valence electrons. The zero-order valence-corrected chi connectivity index (χ0v) is 9.71. The van der Waals surface area contributed by atoms with Gasteiger partial charge in [-0.25, -0.2) is 4.79 Å². The van der Waals surface area contributed by atoms with Crippen molar-refractivity contribution in [2.24, 2.45) is 0 Å². The number of thiophene rings is 1. The molecule has 0 amide bonds. The van der Waals surface area contributed by atoms with Crippen molar-refractivity contribution in [3.8, 4) is 0 Å². The lowest BCUT2D eigenvalue weighted by atomic mass is 10.2. The number of nitrogens with one attached hydrogen (secondary N) is 1. The molecule has 1 unspecified atom stereocenters. The van der Waals surface area contributed by atoms with E-state index in [1.165, 1.54) is 18.1 Å². The Morgan fingerprint density at radius 3 is 3.13 bits per heavy atom. The van der Waals surface area contributed by atoms with Crippen molar-refractivity contribution in [3.63, 3.8) is 0 Å². The molecule has 15 heavy (non-hydrogen) atoms. The van der Waals surface area contributed by atoms with Gasteiger partial charge in [-0.15, -0.1) is 11.3 Å². The summed E-state index contributed by atoms with van der Waals surface area (Å²) in [5.41, 5.74) is 0. The standard InChI is InChI=1S/C11H15NO2S/c1-9(8-10-4-3-7-15-10)12-6-5-11(13)14-2/h3-7,9,12H,8H2,1-2H3/b6-5+. The number of carbonyl (C=O) groups is 1. The molecule has 0 fully saturated rings. The molecule has 0 radical (unpaired) electrons. The number of ether oxygens (including phenoxy) is 1. The van der Waals surface area contributed by atoms with Gasteiger partial charge in [-0.1, -0.05) is 6.07 Å². The lowest BCUT2D eigenvalue weighted by Gasteiger charge is -2.09. The van der Waals surface area contributed by atoms with Crippen LogP contribution in [0.2, 0.25) is 0 Å². The van der Waals surface area contributed by atoms with Crippen molar-refractivity contribution in [1.82, 2.24) is 5.32 Å². The molecule has 0 aromatic carbocycles. The first-order valence-electron chi connectivity index (χ1n) is 4.75. The first-order valence-corrected chi connectivity index (χ1v) is 5.63. The minimum absolute atomic E-state index is 0.310. The van der Waals surface area contributed by atoms with Gasteiger partial charge in [0.05, 0.1) is 7.11 Å². The molecule has 1 aromatic heterocycles. The van der Waals surface area contributed by atoms with Gasteiger partial charge in [0.2, 0.25) is 0 Å². The van der Waals surface area contributed by atoms with Gasteiger partial charge in [-0.2, -0.15) is 0 Å². The molecule has 3 nitrogen and oxygen atoms in total. The second-order valence-electron chi connectivity index (χ2n) is 3.21. The van der Waals surface area contributed by atoms with E-state index in [0.717, 1.165) is 6.42 Å². The molecule has 1 heterocycles. The topological polar surface area (TPSA) is 38.3 Å². The molecule has 1 atom stereocenters. The lowest BCUT2D eigenvalue weighted by Crippen LogP contribution is -2.22. The fourth-order valence-corrected chi connectivity index (χ4v) is 1.97. The van der Waals surface area contributed by atoms with Crippen molar-refractivity contribution in [2.45, 2.75) is 19.4 Å². The van der Waals surface area contributed by atoms with E-state index in [0.29, 0.717) is 6.04 Å². The Balaban J connectivity index is 2.27. The number of rotatable bonds is 5. The average molecular weight is 225 g/mol. The highest BCUT2D eigenvalue weighted by molar-refractivity contribution is 7.09. The summed E-state index contributed by atoms with van der Waals surface area (Å²) in [4.78, 5) is 12.1. The fourth-order valence-electron chi connectivity index (χ4n) is 1.14. The largest absolute Gasteiger partial charge is 0.466 e. The Labute approximate surface area is 93.8 Å². The first-order chi connectivity index (χ1) is 7.22. The smallest absolute Gasteiger partial charge is 0.331 e. The van der Waals surface area contributed by atoms with E-state index in [9.17, 15) is 4.79 Å². The molecule has 0 saturated heterocycles. The molecule has 0 aliphatic carbocycles. The Hall–Kier alpha value is -1.29. The summed E-state index contributed by atoms with van der Waals surface area (Å²) in [7, 11) is 1.36. The van der Waals surface area contributed by atoms with Crippen molar-refractivity contribution >= 4 is 17.3 Å². The van der Waals surface area contributed by atoms with Gasteiger partial charge in [0, 0.05) is 29.6 Å². The molecular formula is C11H15NO2S. The van der Waals surface area contributed by atoms with Crippen molar-refractivity contribution in [2.75, 3.05) is 7.11 Å². The van der Waals surface area contributed by atoms with Crippen LogP contribution < -0.4 is 5.32 Å². The molecule has 1 rings (SSSR count). The summed E-state index contributed by atoms with van der Waals surface area (Å²) in [6.07, 6.45) is 3.97. The van der Waals surface area contributed by atoms with E-state index in [2.05, 4.69) is 28.4 Å². The monoisotopic (exact) mass is 225 g/mol. The Bertz CT molecular complexity index is 319. The van der Waals surface area contributed by atoms with Gasteiger partial charge < -0.3 is 10.1 Å². The maximum Gasteiger partial charge on any atom is 0.331 e. The van der Waals surface area contributed by atoms with Crippen molar-refractivity contribution in [1.29, 1.82) is 0 Å². The molecule has 1 aromatic rings. The highest BCUT2D eigenvalue weighted by Gasteiger charge is 2.01. The summed E-state index contributed by atoms with van der Waals surface area (Å²) in [6.45, 7) is 2.07. The molecule has 4 heteroatoms. The van der Waals surface area contributed by atoms with E-state index in [1.54, 1.807) is 17.5 Å². The maximum atomic E-state index is 10.8. The SMILES string of the molecule is COC(=O)/C=C/NC(C)Cc1cccs1. The van der Waals surface area contributed by atoms with E-state index < -0.39 is 0 Å². The van der Waals surface area contributed by atoms with Crippen molar-refractivity contribution in [3.05, 3.63) is 34.7 Å². The van der Waals surface area contributed by atoms with Crippen LogP contribution in [0.25, 0.3) is 0 Å². The van der Waals surface area contributed by atoms with Gasteiger partial charge in [0.25, 0.3) is 0 Å². The van der Waals surface area contributed by atoms with E-state index in [4.69, 9.17) is 0 Å².